The number of hydrogen-bond acceptors (Lipinski definition) is 18. The van der Waals surface area contributed by atoms with Crippen LogP contribution in [-0.4, -0.2) is 184 Å². The first-order valence-corrected chi connectivity index (χ1v) is 30.4. The number of likely N-dealkylation sites (tertiary alicyclic amines) is 1. The Morgan fingerprint density at radius 1 is 0.622 bits per heavy atom. The van der Waals surface area contributed by atoms with Crippen LogP contribution in [0.4, 0.5) is 0 Å². The molecule has 32 nitrogen and oxygen atoms in total. The van der Waals surface area contributed by atoms with Gasteiger partial charge in [0.25, 0.3) is 0 Å². The number of rotatable bonds is 35. The van der Waals surface area contributed by atoms with Crippen molar-refractivity contribution in [2.24, 2.45) is 17.3 Å². The second-order valence-corrected chi connectivity index (χ2v) is 22.6. The highest BCUT2D eigenvalue weighted by atomic mass is 32.2. The predicted octanol–water partition coefficient (Wildman–Crippen LogP) is -4.19. The maximum absolute atomic E-state index is 14.1. The van der Waals surface area contributed by atoms with Crippen LogP contribution in [0.15, 0.2) is 54.6 Å². The summed E-state index contributed by atoms with van der Waals surface area (Å²) in [5.74, 6) is -5.73. The number of hydrogen-bond donors (Lipinski definition) is 17. The number of primary amides is 1. The lowest BCUT2D eigenvalue weighted by Crippen LogP contribution is -2.58. The lowest BCUT2D eigenvalue weighted by atomic mass is 10.0. The Morgan fingerprint density at radius 3 is 1.88 bits per heavy atom. The minimum atomic E-state index is -1.67. The third-order valence-electron chi connectivity index (χ3n) is 14.1. The van der Waals surface area contributed by atoms with Gasteiger partial charge in [-0.05, 0) is 74.6 Å². The number of carbonyl (C=O) groups is 14. The molecule has 0 saturated carbocycles. The summed E-state index contributed by atoms with van der Waals surface area (Å²) in [5, 5.41) is 51.4. The summed E-state index contributed by atoms with van der Waals surface area (Å²) >= 11 is 0.943. The van der Waals surface area contributed by atoms with Gasteiger partial charge in [-0.2, -0.15) is 0 Å². The van der Waals surface area contributed by atoms with Crippen molar-refractivity contribution in [3.05, 3.63) is 65.7 Å². The molecule has 2 aliphatic heterocycles. The molecule has 2 aliphatic rings. The highest BCUT2D eigenvalue weighted by molar-refractivity contribution is 8.00. The lowest BCUT2D eigenvalue weighted by Gasteiger charge is -2.26. The van der Waals surface area contributed by atoms with Crippen molar-refractivity contribution in [2.45, 2.75) is 151 Å². The number of carboxylic acid groups (broad SMARTS) is 1. The van der Waals surface area contributed by atoms with Crippen LogP contribution < -0.4 is 75.9 Å². The Hall–Kier alpha value is -9.40. The second kappa shape index (κ2) is 38.8. The molecule has 0 aliphatic carbocycles. The number of unbranched alkanes of at least 4 members (excludes halogenated alkanes) is 3. The van der Waals surface area contributed by atoms with E-state index in [1.54, 1.807) is 42.5 Å². The maximum atomic E-state index is 14.1. The molecule has 33 heteroatoms. The summed E-state index contributed by atoms with van der Waals surface area (Å²) < 4.78 is 0. The Balaban J connectivity index is 1.25. The molecule has 90 heavy (non-hydrogen) atoms. The number of guanidine groups is 1. The van der Waals surface area contributed by atoms with Crippen molar-refractivity contribution in [1.29, 1.82) is 5.41 Å². The van der Waals surface area contributed by atoms with Gasteiger partial charge in [-0.15, -0.1) is 11.8 Å². The average Bonchev–Trinajstić information content (AvgIpc) is 2.82. The van der Waals surface area contributed by atoms with Crippen molar-refractivity contribution >= 4 is 100 Å². The molecule has 0 bridgehead atoms. The molecule has 4 rings (SSSR count). The number of carboxylic acids is 1. The van der Waals surface area contributed by atoms with Crippen molar-refractivity contribution in [1.82, 2.24) is 63.5 Å². The van der Waals surface area contributed by atoms with Crippen molar-refractivity contribution < 1.29 is 77.3 Å². The third kappa shape index (κ3) is 27.3. The van der Waals surface area contributed by atoms with Crippen molar-refractivity contribution in [3.8, 4) is 5.75 Å². The van der Waals surface area contributed by atoms with Crippen LogP contribution in [0, 0.1) is 5.41 Å². The van der Waals surface area contributed by atoms with Crippen LogP contribution in [0.25, 0.3) is 0 Å². The molecule has 492 valence electrons. The van der Waals surface area contributed by atoms with Gasteiger partial charge in [0.05, 0.1) is 18.2 Å². The molecule has 2 fully saturated rings. The normalized spacial score (nSPS) is 18.7. The lowest BCUT2D eigenvalue weighted by molar-refractivity contribution is -0.141. The largest absolute Gasteiger partial charge is 0.508 e. The number of aliphatic carboxylic acids is 1. The molecule has 7 atom stereocenters. The number of phenolic OH excluding ortho intramolecular Hbond substituents is 1. The summed E-state index contributed by atoms with van der Waals surface area (Å²) in [7, 11) is 0. The first-order valence-electron chi connectivity index (χ1n) is 29.4. The standard InChI is InChI=1S/C57H82N16O16S/c58-50(83)41(68-44(76)15-5-2-7-24-63-52(85)38(28-34-18-20-35(74)21-19-34)66-45(77)16-9-17-46(78)72-61)32-90-42-30-48(80)73(56(42)89)26-22-43(75)62-23-8-6-13-37-53(86)69-36(14-10-25-64-57(59)60)51(84)65-31-47(79)67-40(29-49(81)82)55(88)71-39(54(87)70-37)27-33-11-3-1-4-12-33/h1,3-4,11-12,18-21,36-42,74H,2,5-10,13-17,22-32,61H2,(H2,58,83)(H,62,75)(H,63,85)(H,65,84)(H,66,77)(H,67,79)(H,68,76)(H,69,86)(H,70,87)(H,71,88)(H,72,78)(H,81,82)(H4,59,60,64)/t36?,37?,38-,39+,40+,41-,42?/m0/s1. The molecule has 2 saturated heterocycles. The molecule has 0 spiro atoms. The molecule has 13 amide bonds. The Labute approximate surface area is 522 Å². The van der Waals surface area contributed by atoms with Gasteiger partial charge in [-0.1, -0.05) is 48.9 Å². The zero-order chi connectivity index (χ0) is 66.1. The molecule has 2 aromatic carbocycles. The SMILES string of the molecule is N=C(N)NCCCC1NC(=O)C(CCCCNC(=O)CCN2C(=O)CC(SC[C@H](NC(=O)CCCCCNC(=O)[C@H](Cc3ccc(O)cc3)NC(=O)CCCC(=O)NN)C(N)=O)C2=O)NC(=O)[C@@H](Cc2ccccc2)NC(=O)[C@@H](CC(=O)O)NC(=O)CNC1=O. The number of hydrazine groups is 1. The summed E-state index contributed by atoms with van der Waals surface area (Å²) in [5.41, 5.74) is 14.2. The van der Waals surface area contributed by atoms with E-state index >= 15 is 0 Å². The minimum absolute atomic E-state index is 0.00969. The van der Waals surface area contributed by atoms with Crippen LogP contribution in [0.1, 0.15) is 107 Å². The molecular weight excluding hydrogens is 1200 g/mol. The number of imide groups is 1. The number of nitrogens with zero attached hydrogens (tertiary/aromatic N) is 1. The smallest absolute Gasteiger partial charge is 0.305 e. The van der Waals surface area contributed by atoms with Crippen LogP contribution in [0.2, 0.25) is 0 Å². The molecule has 2 aromatic rings. The van der Waals surface area contributed by atoms with E-state index in [0.717, 1.165) is 16.7 Å². The van der Waals surface area contributed by atoms with Crippen LogP contribution in [0.5, 0.6) is 5.75 Å². The van der Waals surface area contributed by atoms with Crippen LogP contribution >= 0.6 is 11.8 Å². The van der Waals surface area contributed by atoms with E-state index in [1.165, 1.54) is 12.1 Å². The van der Waals surface area contributed by atoms with Gasteiger partial charge < -0.3 is 74.8 Å². The number of benzene rings is 2. The molecule has 20 N–H and O–H groups in total. The molecular formula is C57H82N16O16S. The first-order chi connectivity index (χ1) is 42.9. The minimum Gasteiger partial charge on any atom is -0.508 e. The van der Waals surface area contributed by atoms with E-state index < -0.39 is 137 Å². The Bertz CT molecular complexity index is 2870. The number of aromatic hydroxyl groups is 1. The number of phenols is 1. The highest BCUT2D eigenvalue weighted by Gasteiger charge is 2.40. The van der Waals surface area contributed by atoms with Gasteiger partial charge in [0.15, 0.2) is 5.96 Å². The average molecular weight is 1280 g/mol. The Morgan fingerprint density at radius 2 is 1.21 bits per heavy atom. The van der Waals surface area contributed by atoms with E-state index in [1.807, 2.05) is 5.43 Å². The van der Waals surface area contributed by atoms with E-state index in [4.69, 9.17) is 22.7 Å². The maximum Gasteiger partial charge on any atom is 0.305 e. The molecule has 3 unspecified atom stereocenters. The fraction of sp³-hybridized carbons (Fsp3) is 0.526. The number of thioether (sulfide) groups is 1. The number of carbonyl (C=O) groups excluding carboxylic acids is 13. The zero-order valence-electron chi connectivity index (χ0n) is 49.7. The number of nitrogens with two attached hydrogens (primary N) is 3. The van der Waals surface area contributed by atoms with Crippen LogP contribution in [-0.2, 0) is 80.0 Å². The monoisotopic (exact) mass is 1280 g/mol. The third-order valence-corrected chi connectivity index (χ3v) is 15.4. The fourth-order valence-electron chi connectivity index (χ4n) is 9.30. The van der Waals surface area contributed by atoms with E-state index in [2.05, 4.69) is 53.2 Å². The van der Waals surface area contributed by atoms with Gasteiger partial charge in [-0.3, -0.25) is 82.9 Å². The molecule has 0 radical (unpaired) electrons. The quantitative estimate of drug-likeness (QED) is 0.00592. The van der Waals surface area contributed by atoms with E-state index in [0.29, 0.717) is 30.4 Å². The topological polar surface area (TPSA) is 517 Å². The summed E-state index contributed by atoms with van der Waals surface area (Å²) in [4.78, 5) is 183. The van der Waals surface area contributed by atoms with Gasteiger partial charge in [0, 0.05) is 76.9 Å². The number of amides is 13. The summed E-state index contributed by atoms with van der Waals surface area (Å²) in [6.45, 7) is -0.612. The van der Waals surface area contributed by atoms with Gasteiger partial charge in [0.1, 0.15) is 42.0 Å². The second-order valence-electron chi connectivity index (χ2n) is 21.3. The fourth-order valence-corrected chi connectivity index (χ4v) is 10.5. The van der Waals surface area contributed by atoms with Crippen molar-refractivity contribution in [3.63, 3.8) is 0 Å². The van der Waals surface area contributed by atoms with E-state index in [9.17, 15) is 77.3 Å². The zero-order valence-corrected chi connectivity index (χ0v) is 50.5. The van der Waals surface area contributed by atoms with Gasteiger partial charge >= 0.3 is 5.97 Å². The van der Waals surface area contributed by atoms with E-state index in [-0.39, 0.29) is 127 Å². The number of nitrogens with one attached hydrogen (secondary N) is 12. The van der Waals surface area contributed by atoms with Gasteiger partial charge in [-0.25, -0.2) is 5.84 Å². The summed E-state index contributed by atoms with van der Waals surface area (Å²) in [6, 6.07) is 6.70. The Kier molecular flexibility index (Phi) is 31.5. The first kappa shape index (κ1) is 73.1. The van der Waals surface area contributed by atoms with Crippen LogP contribution in [0.3, 0.4) is 0 Å². The predicted molar refractivity (Wildman–Crippen MR) is 324 cm³/mol. The van der Waals surface area contributed by atoms with Gasteiger partial charge in [0.2, 0.25) is 76.8 Å². The highest BCUT2D eigenvalue weighted by Crippen LogP contribution is 2.26. The molecule has 2 heterocycles. The summed E-state index contributed by atoms with van der Waals surface area (Å²) in [6.07, 6.45) is 0.582. The van der Waals surface area contributed by atoms with Crippen molar-refractivity contribution in [2.75, 3.05) is 38.5 Å². The molecule has 0 aromatic heterocycles.